The molecule has 0 aliphatic carbocycles. The van der Waals surface area contributed by atoms with Crippen molar-refractivity contribution in [2.45, 2.75) is 59.4 Å². The average Bonchev–Trinajstić information content (AvgIpc) is 2.49. The van der Waals surface area contributed by atoms with Crippen LogP contribution in [0.5, 0.6) is 5.75 Å². The molecule has 1 aromatic carbocycles. The molecule has 0 bridgehead atoms. The van der Waals surface area contributed by atoms with Gasteiger partial charge >= 0.3 is 0 Å². The van der Waals surface area contributed by atoms with Crippen molar-refractivity contribution in [3.05, 3.63) is 28.2 Å². The minimum absolute atomic E-state index is 0.429. The summed E-state index contributed by atoms with van der Waals surface area (Å²) in [6.07, 6.45) is 5.07. The molecule has 0 aromatic heterocycles. The fraction of sp³-hybridized carbons (Fsp3) is 0.667. The highest BCUT2D eigenvalue weighted by molar-refractivity contribution is 9.10. The Morgan fingerprint density at radius 1 is 1.19 bits per heavy atom. The van der Waals surface area contributed by atoms with Crippen LogP contribution < -0.4 is 10.1 Å². The van der Waals surface area contributed by atoms with E-state index in [0.29, 0.717) is 18.6 Å². The first-order chi connectivity index (χ1) is 10.2. The second-order valence-electron chi connectivity index (χ2n) is 5.47. The number of nitrogens with one attached hydrogen (secondary N) is 1. The molecule has 120 valence electrons. The third kappa shape index (κ3) is 5.63. The monoisotopic (exact) mass is 355 g/mol. The molecule has 2 atom stereocenters. The van der Waals surface area contributed by atoms with Crippen molar-refractivity contribution in [2.24, 2.45) is 5.92 Å². The Kier molecular flexibility index (Phi) is 9.02. The van der Waals surface area contributed by atoms with Crippen molar-refractivity contribution in [2.75, 3.05) is 13.2 Å². The number of rotatable bonds is 10. The predicted molar refractivity (Wildman–Crippen MR) is 95.0 cm³/mol. The molecule has 2 unspecified atom stereocenters. The summed E-state index contributed by atoms with van der Waals surface area (Å²) in [7, 11) is 0. The molecular weight excluding hydrogens is 326 g/mol. The third-order valence-electron chi connectivity index (χ3n) is 3.96. The summed E-state index contributed by atoms with van der Waals surface area (Å²) in [6, 6.07) is 6.93. The van der Waals surface area contributed by atoms with Crippen LogP contribution in [-0.4, -0.2) is 13.2 Å². The lowest BCUT2D eigenvalue weighted by Crippen LogP contribution is -2.28. The molecule has 0 aliphatic heterocycles. The van der Waals surface area contributed by atoms with Crippen LogP contribution in [0.1, 0.15) is 65.0 Å². The maximum absolute atomic E-state index is 5.62. The van der Waals surface area contributed by atoms with E-state index in [1.165, 1.54) is 31.2 Å². The quantitative estimate of drug-likeness (QED) is 0.579. The van der Waals surface area contributed by atoms with Crippen LogP contribution in [0.4, 0.5) is 0 Å². The first-order valence-electron chi connectivity index (χ1n) is 8.33. The Morgan fingerprint density at radius 3 is 2.48 bits per heavy atom. The van der Waals surface area contributed by atoms with Gasteiger partial charge in [-0.1, -0.05) is 46.1 Å². The minimum Gasteiger partial charge on any atom is -0.493 e. The summed E-state index contributed by atoms with van der Waals surface area (Å²) >= 11 is 3.64. The normalized spacial score (nSPS) is 14.0. The topological polar surface area (TPSA) is 21.3 Å². The zero-order valence-electron chi connectivity index (χ0n) is 13.9. The third-order valence-corrected chi connectivity index (χ3v) is 4.58. The van der Waals surface area contributed by atoms with Crippen LogP contribution in [0.15, 0.2) is 22.7 Å². The number of ether oxygens (including phenoxy) is 1. The van der Waals surface area contributed by atoms with E-state index in [0.717, 1.165) is 16.8 Å². The number of unbranched alkanes of at least 4 members (excludes halogenated alkanes) is 1. The Balaban J connectivity index is 2.95. The number of halogens is 1. The number of benzene rings is 1. The second-order valence-corrected chi connectivity index (χ2v) is 6.32. The van der Waals surface area contributed by atoms with E-state index in [9.17, 15) is 0 Å². The molecule has 0 radical (unpaired) electrons. The van der Waals surface area contributed by atoms with Crippen molar-refractivity contribution in [1.29, 1.82) is 0 Å². The zero-order valence-corrected chi connectivity index (χ0v) is 15.5. The van der Waals surface area contributed by atoms with Gasteiger partial charge in [0.1, 0.15) is 5.75 Å². The molecule has 0 heterocycles. The lowest BCUT2D eigenvalue weighted by atomic mass is 9.87. The summed E-state index contributed by atoms with van der Waals surface area (Å²) in [5.41, 5.74) is 1.36. The number of hydrogen-bond donors (Lipinski definition) is 1. The van der Waals surface area contributed by atoms with Crippen molar-refractivity contribution in [3.8, 4) is 5.75 Å². The van der Waals surface area contributed by atoms with Crippen LogP contribution in [0.2, 0.25) is 0 Å². The summed E-state index contributed by atoms with van der Waals surface area (Å²) in [6.45, 7) is 10.5. The Hall–Kier alpha value is -0.540. The average molecular weight is 356 g/mol. The highest BCUT2D eigenvalue weighted by Crippen LogP contribution is 2.33. The van der Waals surface area contributed by atoms with Gasteiger partial charge in [0, 0.05) is 6.04 Å². The van der Waals surface area contributed by atoms with E-state index in [1.54, 1.807) is 0 Å². The summed E-state index contributed by atoms with van der Waals surface area (Å²) in [4.78, 5) is 0. The molecule has 1 aromatic rings. The molecule has 2 nitrogen and oxygen atoms in total. The van der Waals surface area contributed by atoms with Gasteiger partial charge in [0.25, 0.3) is 0 Å². The van der Waals surface area contributed by atoms with Crippen molar-refractivity contribution >= 4 is 15.9 Å². The summed E-state index contributed by atoms with van der Waals surface area (Å²) in [5, 5.41) is 3.68. The smallest absolute Gasteiger partial charge is 0.133 e. The Morgan fingerprint density at radius 2 is 1.95 bits per heavy atom. The maximum atomic E-state index is 5.62. The van der Waals surface area contributed by atoms with Crippen LogP contribution in [0.25, 0.3) is 0 Å². The van der Waals surface area contributed by atoms with Crippen molar-refractivity contribution in [1.82, 2.24) is 5.32 Å². The van der Waals surface area contributed by atoms with Crippen molar-refractivity contribution < 1.29 is 4.74 Å². The highest BCUT2D eigenvalue weighted by Gasteiger charge is 2.21. The van der Waals surface area contributed by atoms with Crippen LogP contribution in [0, 0.1) is 5.92 Å². The molecule has 0 spiro atoms. The predicted octanol–water partition coefficient (Wildman–Crippen LogP) is 5.71. The van der Waals surface area contributed by atoms with Gasteiger partial charge in [-0.3, -0.25) is 0 Å². The minimum atomic E-state index is 0.429. The molecule has 0 fully saturated rings. The van der Waals surface area contributed by atoms with Gasteiger partial charge in [-0.25, -0.2) is 0 Å². The second kappa shape index (κ2) is 10.2. The van der Waals surface area contributed by atoms with Gasteiger partial charge in [0.05, 0.1) is 11.1 Å². The molecule has 0 saturated heterocycles. The van der Waals surface area contributed by atoms with E-state index in [2.05, 4.69) is 60.2 Å². The molecule has 0 aliphatic rings. The van der Waals surface area contributed by atoms with E-state index in [1.807, 2.05) is 6.92 Å². The van der Waals surface area contributed by atoms with E-state index in [4.69, 9.17) is 4.74 Å². The van der Waals surface area contributed by atoms with Crippen LogP contribution in [-0.2, 0) is 0 Å². The van der Waals surface area contributed by atoms with Crippen molar-refractivity contribution in [3.63, 3.8) is 0 Å². The molecule has 0 amide bonds. The van der Waals surface area contributed by atoms with Gasteiger partial charge < -0.3 is 10.1 Å². The Labute approximate surface area is 138 Å². The molecular formula is C18H30BrNO. The van der Waals surface area contributed by atoms with Gasteiger partial charge in [-0.05, 0) is 59.4 Å². The van der Waals surface area contributed by atoms with Gasteiger partial charge in [-0.15, -0.1) is 0 Å². The van der Waals surface area contributed by atoms with E-state index >= 15 is 0 Å². The summed E-state index contributed by atoms with van der Waals surface area (Å²) in [5.74, 6) is 1.62. The largest absolute Gasteiger partial charge is 0.493 e. The molecule has 21 heavy (non-hydrogen) atoms. The zero-order chi connectivity index (χ0) is 15.7. The molecule has 3 heteroatoms. The SMILES string of the molecule is CCCCC(CC)C(NCC)c1ccc(OCC)c(Br)c1. The fourth-order valence-corrected chi connectivity index (χ4v) is 3.34. The molecule has 1 rings (SSSR count). The molecule has 0 saturated carbocycles. The summed E-state index contributed by atoms with van der Waals surface area (Å²) < 4.78 is 6.67. The first kappa shape index (κ1) is 18.5. The van der Waals surface area contributed by atoms with Gasteiger partial charge in [-0.2, -0.15) is 0 Å². The lowest BCUT2D eigenvalue weighted by molar-refractivity contribution is 0.325. The van der Waals surface area contributed by atoms with Crippen LogP contribution >= 0.6 is 15.9 Å². The first-order valence-corrected chi connectivity index (χ1v) is 9.12. The Bertz CT molecular complexity index is 408. The van der Waals surface area contributed by atoms with E-state index < -0.39 is 0 Å². The number of hydrogen-bond acceptors (Lipinski definition) is 2. The highest BCUT2D eigenvalue weighted by atomic mass is 79.9. The van der Waals surface area contributed by atoms with Gasteiger partial charge in [0.2, 0.25) is 0 Å². The van der Waals surface area contributed by atoms with Gasteiger partial charge in [0.15, 0.2) is 0 Å². The maximum Gasteiger partial charge on any atom is 0.133 e. The fourth-order valence-electron chi connectivity index (χ4n) is 2.83. The van der Waals surface area contributed by atoms with Crippen LogP contribution in [0.3, 0.4) is 0 Å². The molecule has 1 N–H and O–H groups in total. The lowest BCUT2D eigenvalue weighted by Gasteiger charge is -2.28. The van der Waals surface area contributed by atoms with E-state index in [-0.39, 0.29) is 0 Å². The standard InChI is InChI=1S/C18H30BrNO/c1-5-9-10-14(6-2)18(20-7-3)15-11-12-17(21-8-4)16(19)13-15/h11-14,18,20H,5-10H2,1-4H3.